The number of carbonyl (C=O) groups is 1. The molecule has 0 spiro atoms. The third-order valence-electron chi connectivity index (χ3n) is 6.15. The maximum Gasteiger partial charge on any atom is 0.320 e. The highest BCUT2D eigenvalue weighted by Gasteiger charge is 2.56. The molecule has 3 nitrogen and oxygen atoms in total. The zero-order chi connectivity index (χ0) is 12.3. The molecule has 1 heterocycles. The van der Waals surface area contributed by atoms with E-state index in [4.69, 9.17) is 0 Å². The second-order valence-corrected chi connectivity index (χ2v) is 7.33. The lowest BCUT2D eigenvalue weighted by Crippen LogP contribution is -2.62. The van der Waals surface area contributed by atoms with Gasteiger partial charge in [0.25, 0.3) is 0 Å². The molecule has 1 atom stereocenters. The van der Waals surface area contributed by atoms with E-state index in [1.807, 2.05) is 0 Å². The van der Waals surface area contributed by atoms with Crippen molar-refractivity contribution in [3.05, 3.63) is 0 Å². The minimum Gasteiger partial charge on any atom is -0.480 e. The van der Waals surface area contributed by atoms with Crippen LogP contribution in [0.5, 0.6) is 0 Å². The second kappa shape index (κ2) is 3.72. The first-order chi connectivity index (χ1) is 8.66. The molecular formula is C15H23NO2. The van der Waals surface area contributed by atoms with Crippen LogP contribution in [0.1, 0.15) is 51.4 Å². The van der Waals surface area contributed by atoms with Gasteiger partial charge in [-0.25, -0.2) is 0 Å². The van der Waals surface area contributed by atoms with Crippen molar-refractivity contribution in [3.63, 3.8) is 0 Å². The first-order valence-corrected chi connectivity index (χ1v) is 7.66. The Morgan fingerprint density at radius 1 is 1.06 bits per heavy atom. The first-order valence-electron chi connectivity index (χ1n) is 7.66. The molecule has 1 aliphatic heterocycles. The molecule has 1 saturated heterocycles. The Kier molecular flexibility index (Phi) is 2.33. The van der Waals surface area contributed by atoms with Gasteiger partial charge >= 0.3 is 5.97 Å². The quantitative estimate of drug-likeness (QED) is 0.817. The Morgan fingerprint density at radius 2 is 1.61 bits per heavy atom. The Hall–Kier alpha value is -0.570. The van der Waals surface area contributed by atoms with Gasteiger partial charge in [-0.2, -0.15) is 0 Å². The van der Waals surface area contributed by atoms with Crippen LogP contribution in [0.3, 0.4) is 0 Å². The fraction of sp³-hybridized carbons (Fsp3) is 0.933. The van der Waals surface area contributed by atoms with Gasteiger partial charge in [0.1, 0.15) is 6.04 Å². The third kappa shape index (κ3) is 1.49. The van der Waals surface area contributed by atoms with Crippen molar-refractivity contribution in [2.45, 2.75) is 62.9 Å². The molecule has 1 N–H and O–H groups in total. The molecule has 4 bridgehead atoms. The zero-order valence-electron chi connectivity index (χ0n) is 11.0. The van der Waals surface area contributed by atoms with Gasteiger partial charge in [0.05, 0.1) is 0 Å². The van der Waals surface area contributed by atoms with E-state index in [0.29, 0.717) is 0 Å². The fourth-order valence-corrected chi connectivity index (χ4v) is 6.01. The van der Waals surface area contributed by atoms with Crippen molar-refractivity contribution in [1.29, 1.82) is 0 Å². The van der Waals surface area contributed by atoms with Crippen molar-refractivity contribution in [2.75, 3.05) is 6.54 Å². The molecule has 1 unspecified atom stereocenters. The van der Waals surface area contributed by atoms with Gasteiger partial charge in [-0.15, -0.1) is 0 Å². The highest BCUT2D eigenvalue weighted by molar-refractivity contribution is 5.74. The van der Waals surface area contributed by atoms with Crippen molar-refractivity contribution in [1.82, 2.24) is 4.90 Å². The molecule has 4 aliphatic carbocycles. The van der Waals surface area contributed by atoms with Gasteiger partial charge < -0.3 is 5.11 Å². The molecule has 5 fully saturated rings. The number of nitrogens with zero attached hydrogens (tertiary/aromatic N) is 1. The lowest BCUT2D eigenvalue weighted by atomic mass is 9.52. The highest BCUT2D eigenvalue weighted by atomic mass is 16.4. The van der Waals surface area contributed by atoms with Crippen LogP contribution in [0, 0.1) is 17.8 Å². The van der Waals surface area contributed by atoms with E-state index in [9.17, 15) is 9.90 Å². The van der Waals surface area contributed by atoms with Crippen molar-refractivity contribution in [3.8, 4) is 0 Å². The van der Waals surface area contributed by atoms with Gasteiger partial charge in [0, 0.05) is 5.54 Å². The number of rotatable bonds is 2. The Labute approximate surface area is 109 Å². The van der Waals surface area contributed by atoms with Crippen LogP contribution in [0.15, 0.2) is 0 Å². The predicted octanol–water partition coefficient (Wildman–Crippen LogP) is 2.50. The average molecular weight is 249 g/mol. The number of likely N-dealkylation sites (tertiary alicyclic amines) is 1. The first kappa shape index (κ1) is 11.3. The van der Waals surface area contributed by atoms with Crippen LogP contribution in [0.2, 0.25) is 0 Å². The van der Waals surface area contributed by atoms with E-state index in [2.05, 4.69) is 4.90 Å². The summed E-state index contributed by atoms with van der Waals surface area (Å²) in [6, 6.07) is -0.179. The van der Waals surface area contributed by atoms with Gasteiger partial charge in [-0.05, 0) is 75.7 Å². The normalized spacial score (nSPS) is 50.9. The minimum atomic E-state index is -0.580. The van der Waals surface area contributed by atoms with Gasteiger partial charge in [-0.3, -0.25) is 9.69 Å². The molecule has 0 aromatic carbocycles. The van der Waals surface area contributed by atoms with E-state index >= 15 is 0 Å². The van der Waals surface area contributed by atoms with E-state index in [1.54, 1.807) is 0 Å². The molecule has 100 valence electrons. The molecule has 0 radical (unpaired) electrons. The lowest BCUT2D eigenvalue weighted by Gasteiger charge is -2.60. The molecule has 5 rings (SSSR count). The van der Waals surface area contributed by atoms with Crippen LogP contribution in [0.4, 0.5) is 0 Å². The molecule has 0 aromatic heterocycles. The maximum atomic E-state index is 11.5. The number of hydrogen-bond donors (Lipinski definition) is 1. The smallest absolute Gasteiger partial charge is 0.320 e. The maximum absolute atomic E-state index is 11.5. The third-order valence-corrected chi connectivity index (χ3v) is 6.15. The number of hydrogen-bond acceptors (Lipinski definition) is 2. The predicted molar refractivity (Wildman–Crippen MR) is 68.3 cm³/mol. The molecule has 0 aromatic rings. The molecule has 0 amide bonds. The highest BCUT2D eigenvalue weighted by Crippen LogP contribution is 2.58. The summed E-state index contributed by atoms with van der Waals surface area (Å²) in [7, 11) is 0. The largest absolute Gasteiger partial charge is 0.480 e. The van der Waals surface area contributed by atoms with Crippen molar-refractivity contribution < 1.29 is 9.90 Å². The summed E-state index contributed by atoms with van der Waals surface area (Å²) in [4.78, 5) is 13.9. The van der Waals surface area contributed by atoms with E-state index < -0.39 is 5.97 Å². The van der Waals surface area contributed by atoms with E-state index in [-0.39, 0.29) is 11.6 Å². The molecule has 18 heavy (non-hydrogen) atoms. The lowest BCUT2D eigenvalue weighted by molar-refractivity contribution is -0.151. The second-order valence-electron chi connectivity index (χ2n) is 7.33. The van der Waals surface area contributed by atoms with E-state index in [1.165, 1.54) is 38.5 Å². The van der Waals surface area contributed by atoms with Crippen LogP contribution >= 0.6 is 0 Å². The van der Waals surface area contributed by atoms with Crippen molar-refractivity contribution in [2.24, 2.45) is 17.8 Å². The standard InChI is InChI=1S/C15H23NO2/c17-14(18)13-2-1-3-16(13)15-7-10-4-11(8-15)6-12(5-10)9-15/h10-13H,1-9H2,(H,17,18). The van der Waals surface area contributed by atoms with Crippen LogP contribution in [0.25, 0.3) is 0 Å². The monoisotopic (exact) mass is 249 g/mol. The summed E-state index contributed by atoms with van der Waals surface area (Å²) in [5.74, 6) is 2.15. The molecule has 3 heteroatoms. The van der Waals surface area contributed by atoms with Crippen LogP contribution < -0.4 is 0 Å². The summed E-state index contributed by atoms with van der Waals surface area (Å²) in [5.41, 5.74) is 0.286. The number of carboxylic acids is 1. The summed E-state index contributed by atoms with van der Waals surface area (Å²) in [6.45, 7) is 1.03. The Morgan fingerprint density at radius 3 is 2.11 bits per heavy atom. The van der Waals surface area contributed by atoms with Crippen molar-refractivity contribution >= 4 is 5.97 Å². The summed E-state index contributed by atoms with van der Waals surface area (Å²) >= 11 is 0. The number of carboxylic acid groups (broad SMARTS) is 1. The van der Waals surface area contributed by atoms with Crippen LogP contribution in [-0.4, -0.2) is 34.1 Å². The molecule has 4 saturated carbocycles. The van der Waals surface area contributed by atoms with Gasteiger partial charge in [0.2, 0.25) is 0 Å². The number of aliphatic carboxylic acids is 1. The van der Waals surface area contributed by atoms with Gasteiger partial charge in [0.15, 0.2) is 0 Å². The summed E-state index contributed by atoms with van der Waals surface area (Å²) in [5, 5.41) is 9.44. The Balaban J connectivity index is 1.65. The SMILES string of the molecule is O=C(O)C1CCCN1C12CC3CC(CC(C3)C1)C2. The summed E-state index contributed by atoms with van der Waals surface area (Å²) in [6.07, 6.45) is 10.1. The summed E-state index contributed by atoms with van der Waals surface area (Å²) < 4.78 is 0. The Bertz CT molecular complexity index is 343. The van der Waals surface area contributed by atoms with Gasteiger partial charge in [-0.1, -0.05) is 0 Å². The zero-order valence-corrected chi connectivity index (χ0v) is 11.0. The fourth-order valence-electron chi connectivity index (χ4n) is 6.01. The molecular weight excluding hydrogens is 226 g/mol. The average Bonchev–Trinajstić information content (AvgIpc) is 2.76. The minimum absolute atomic E-state index is 0.179. The molecule has 5 aliphatic rings. The van der Waals surface area contributed by atoms with Crippen LogP contribution in [-0.2, 0) is 4.79 Å². The topological polar surface area (TPSA) is 40.5 Å². The van der Waals surface area contributed by atoms with E-state index in [0.717, 1.165) is 37.1 Å².